The van der Waals surface area contributed by atoms with Gasteiger partial charge in [-0.1, -0.05) is 36.4 Å². The van der Waals surface area contributed by atoms with Gasteiger partial charge in [0, 0.05) is 38.4 Å². The lowest BCUT2D eigenvalue weighted by atomic mass is 10.3. The molecule has 0 spiro atoms. The number of amides is 3. The van der Waals surface area contributed by atoms with E-state index >= 15 is 0 Å². The second-order valence-corrected chi connectivity index (χ2v) is 6.56. The number of carbonyl (C=O) groups is 2. The van der Waals surface area contributed by atoms with E-state index in [-0.39, 0.29) is 18.5 Å². The fourth-order valence-corrected chi connectivity index (χ4v) is 2.99. The van der Waals surface area contributed by atoms with Crippen molar-refractivity contribution in [2.75, 3.05) is 51.2 Å². The lowest BCUT2D eigenvalue weighted by Gasteiger charge is -2.34. The summed E-state index contributed by atoms with van der Waals surface area (Å²) in [6.45, 7) is 4.38. The summed E-state index contributed by atoms with van der Waals surface area (Å²) in [6.07, 6.45) is 0. The smallest absolute Gasteiger partial charge is 0.319 e. The van der Waals surface area contributed by atoms with Crippen LogP contribution in [-0.4, -0.2) is 67.6 Å². The number of piperazine rings is 1. The number of hydrogen-bond acceptors (Lipinski definition) is 4. The Labute approximate surface area is 165 Å². The fraction of sp³-hybridized carbons (Fsp3) is 0.333. The van der Waals surface area contributed by atoms with Gasteiger partial charge in [-0.25, -0.2) is 4.79 Å². The van der Waals surface area contributed by atoms with Crippen LogP contribution in [0.25, 0.3) is 0 Å². The molecule has 0 bridgehead atoms. The van der Waals surface area contributed by atoms with Crippen LogP contribution in [0.15, 0.2) is 60.7 Å². The summed E-state index contributed by atoms with van der Waals surface area (Å²) in [6, 6.07) is 18.5. The second-order valence-electron chi connectivity index (χ2n) is 6.56. The molecule has 0 aromatic heterocycles. The molecule has 0 saturated carbocycles. The summed E-state index contributed by atoms with van der Waals surface area (Å²) in [4.78, 5) is 28.2. The third-order valence-corrected chi connectivity index (χ3v) is 4.58. The van der Waals surface area contributed by atoms with Crippen molar-refractivity contribution in [2.45, 2.75) is 0 Å². The first kappa shape index (κ1) is 19.7. The van der Waals surface area contributed by atoms with E-state index in [4.69, 9.17) is 4.74 Å². The fourth-order valence-electron chi connectivity index (χ4n) is 2.99. The number of urea groups is 1. The average molecular weight is 382 g/mol. The number of benzene rings is 2. The Morgan fingerprint density at radius 3 is 2.21 bits per heavy atom. The first-order valence-electron chi connectivity index (χ1n) is 9.48. The zero-order valence-electron chi connectivity index (χ0n) is 15.8. The molecule has 2 N–H and O–H groups in total. The van der Waals surface area contributed by atoms with Crippen molar-refractivity contribution in [3.8, 4) is 5.75 Å². The maximum Gasteiger partial charge on any atom is 0.319 e. The van der Waals surface area contributed by atoms with E-state index in [1.54, 1.807) is 17.0 Å². The van der Waals surface area contributed by atoms with E-state index < -0.39 is 0 Å². The molecule has 28 heavy (non-hydrogen) atoms. The number of nitrogens with one attached hydrogen (secondary N) is 2. The molecule has 1 aliphatic heterocycles. The summed E-state index contributed by atoms with van der Waals surface area (Å²) in [5.74, 6) is 0.805. The second kappa shape index (κ2) is 10.3. The van der Waals surface area contributed by atoms with E-state index in [9.17, 15) is 9.59 Å². The molecule has 0 unspecified atom stereocenters. The maximum absolute atomic E-state index is 12.3. The normalized spacial score (nSPS) is 14.4. The number of nitrogens with zero attached hydrogens (tertiary/aromatic N) is 2. The summed E-state index contributed by atoms with van der Waals surface area (Å²) in [7, 11) is 0. The molecule has 7 nitrogen and oxygen atoms in total. The van der Waals surface area contributed by atoms with Gasteiger partial charge >= 0.3 is 6.03 Å². The summed E-state index contributed by atoms with van der Waals surface area (Å²) >= 11 is 0. The molecule has 7 heteroatoms. The monoisotopic (exact) mass is 382 g/mol. The Hall–Kier alpha value is -3.06. The van der Waals surface area contributed by atoms with E-state index in [1.807, 2.05) is 48.5 Å². The van der Waals surface area contributed by atoms with Crippen molar-refractivity contribution in [3.63, 3.8) is 0 Å². The molecule has 0 radical (unpaired) electrons. The van der Waals surface area contributed by atoms with Gasteiger partial charge < -0.3 is 20.3 Å². The number of carbonyl (C=O) groups excluding carboxylic acids is 2. The van der Waals surface area contributed by atoms with Gasteiger partial charge in [-0.3, -0.25) is 9.69 Å². The van der Waals surface area contributed by atoms with Gasteiger partial charge in [0.1, 0.15) is 12.4 Å². The van der Waals surface area contributed by atoms with Crippen molar-refractivity contribution >= 4 is 17.6 Å². The van der Waals surface area contributed by atoms with Crippen LogP contribution in [0.3, 0.4) is 0 Å². The molecular formula is C21H26N4O3. The van der Waals surface area contributed by atoms with Crippen LogP contribution in [0.2, 0.25) is 0 Å². The Balaban J connectivity index is 1.30. The van der Waals surface area contributed by atoms with Crippen molar-refractivity contribution in [3.05, 3.63) is 60.7 Å². The first-order chi connectivity index (χ1) is 13.7. The summed E-state index contributed by atoms with van der Waals surface area (Å²) in [5.41, 5.74) is 0.693. The van der Waals surface area contributed by atoms with Crippen LogP contribution in [0.5, 0.6) is 5.75 Å². The molecule has 1 fully saturated rings. The Morgan fingerprint density at radius 2 is 1.54 bits per heavy atom. The molecule has 148 valence electrons. The largest absolute Gasteiger partial charge is 0.492 e. The van der Waals surface area contributed by atoms with Crippen molar-refractivity contribution in [2.24, 2.45) is 0 Å². The highest BCUT2D eigenvalue weighted by molar-refractivity contribution is 5.92. The third kappa shape index (κ3) is 6.28. The zero-order chi connectivity index (χ0) is 19.6. The Kier molecular flexibility index (Phi) is 7.26. The highest BCUT2D eigenvalue weighted by Gasteiger charge is 2.21. The predicted octanol–water partition coefficient (Wildman–Crippen LogP) is 2.03. The van der Waals surface area contributed by atoms with E-state index in [1.165, 1.54) is 0 Å². The minimum atomic E-state index is -0.378. The van der Waals surface area contributed by atoms with Crippen LogP contribution >= 0.6 is 0 Å². The van der Waals surface area contributed by atoms with Crippen LogP contribution in [0.4, 0.5) is 10.5 Å². The summed E-state index contributed by atoms with van der Waals surface area (Å²) < 4.78 is 5.72. The van der Waals surface area contributed by atoms with Gasteiger partial charge in [-0.05, 0) is 24.3 Å². The molecule has 3 amide bonds. The molecule has 1 aliphatic rings. The number of para-hydroxylation sites is 2. The standard InChI is InChI=1S/C21H26N4O3/c26-20(17-22-21(27)23-18-7-3-1-4-8-18)25-13-11-24(12-14-25)15-16-28-19-9-5-2-6-10-19/h1-10H,11-17H2,(H2,22,23,27). The minimum absolute atomic E-state index is 0.00418. The molecule has 0 aliphatic carbocycles. The lowest BCUT2D eigenvalue weighted by molar-refractivity contribution is -0.131. The summed E-state index contributed by atoms with van der Waals surface area (Å²) in [5, 5.41) is 5.32. The highest BCUT2D eigenvalue weighted by atomic mass is 16.5. The lowest BCUT2D eigenvalue weighted by Crippen LogP contribution is -2.52. The number of rotatable bonds is 7. The third-order valence-electron chi connectivity index (χ3n) is 4.58. The van der Waals surface area contributed by atoms with Crippen LogP contribution in [-0.2, 0) is 4.79 Å². The highest BCUT2D eigenvalue weighted by Crippen LogP contribution is 2.09. The first-order valence-corrected chi connectivity index (χ1v) is 9.48. The van der Waals surface area contributed by atoms with Crippen molar-refractivity contribution in [1.82, 2.24) is 15.1 Å². The van der Waals surface area contributed by atoms with Gasteiger partial charge in [-0.2, -0.15) is 0 Å². The number of hydrogen-bond donors (Lipinski definition) is 2. The van der Waals surface area contributed by atoms with E-state index in [2.05, 4.69) is 15.5 Å². The molecule has 1 heterocycles. The van der Waals surface area contributed by atoms with Gasteiger partial charge in [0.25, 0.3) is 0 Å². The molecule has 1 saturated heterocycles. The van der Waals surface area contributed by atoms with Crippen molar-refractivity contribution in [1.29, 1.82) is 0 Å². The predicted molar refractivity (Wildman–Crippen MR) is 108 cm³/mol. The van der Waals surface area contributed by atoms with Gasteiger partial charge in [0.15, 0.2) is 0 Å². The molecule has 2 aromatic rings. The Morgan fingerprint density at radius 1 is 0.893 bits per heavy atom. The minimum Gasteiger partial charge on any atom is -0.492 e. The number of ether oxygens (including phenoxy) is 1. The molecule has 3 rings (SSSR count). The average Bonchev–Trinajstić information content (AvgIpc) is 2.74. The quantitative estimate of drug-likeness (QED) is 0.769. The molecule has 0 atom stereocenters. The van der Waals surface area contributed by atoms with Crippen LogP contribution < -0.4 is 15.4 Å². The Bertz CT molecular complexity index is 747. The number of anilines is 1. The zero-order valence-corrected chi connectivity index (χ0v) is 15.8. The molecule has 2 aromatic carbocycles. The van der Waals surface area contributed by atoms with Gasteiger partial charge in [0.05, 0.1) is 6.54 Å². The van der Waals surface area contributed by atoms with E-state index in [0.29, 0.717) is 25.4 Å². The molecular weight excluding hydrogens is 356 g/mol. The van der Waals surface area contributed by atoms with Gasteiger partial charge in [0.2, 0.25) is 5.91 Å². The topological polar surface area (TPSA) is 73.9 Å². The van der Waals surface area contributed by atoms with Crippen LogP contribution in [0, 0.1) is 0 Å². The maximum atomic E-state index is 12.3. The SMILES string of the molecule is O=C(NCC(=O)N1CCN(CCOc2ccccc2)CC1)Nc1ccccc1. The van der Waals surface area contributed by atoms with E-state index in [0.717, 1.165) is 25.4 Å². The van der Waals surface area contributed by atoms with Crippen molar-refractivity contribution < 1.29 is 14.3 Å². The van der Waals surface area contributed by atoms with Crippen LogP contribution in [0.1, 0.15) is 0 Å². The van der Waals surface area contributed by atoms with Gasteiger partial charge in [-0.15, -0.1) is 0 Å².